The van der Waals surface area contributed by atoms with Gasteiger partial charge >= 0.3 is 0 Å². The number of benzene rings is 1. The first-order chi connectivity index (χ1) is 12.8. The predicted molar refractivity (Wildman–Crippen MR) is 101 cm³/mol. The van der Waals surface area contributed by atoms with E-state index in [0.29, 0.717) is 23.5 Å². The number of nitrogens with zero attached hydrogens (tertiary/aromatic N) is 3. The molecule has 6 heteroatoms. The van der Waals surface area contributed by atoms with Gasteiger partial charge in [-0.2, -0.15) is 4.98 Å². The summed E-state index contributed by atoms with van der Waals surface area (Å²) in [5.41, 5.74) is 2.40. The molecule has 0 unspecified atom stereocenters. The Kier molecular flexibility index (Phi) is 4.73. The molecule has 5 nitrogen and oxygen atoms in total. The molecule has 1 aromatic carbocycles. The Morgan fingerprint density at radius 2 is 1.77 bits per heavy atom. The lowest BCUT2D eigenvalue weighted by molar-refractivity contribution is 0.628. The number of pyridine rings is 1. The lowest BCUT2D eigenvalue weighted by Gasteiger charge is -2.15. The van der Waals surface area contributed by atoms with Gasteiger partial charge in [-0.25, -0.2) is 9.37 Å². The summed E-state index contributed by atoms with van der Waals surface area (Å²) in [5.74, 6) is 0.922. The first-order valence-electron chi connectivity index (χ1n) is 8.85. The molecule has 1 aliphatic carbocycles. The highest BCUT2D eigenvalue weighted by atomic mass is 19.1. The maximum absolute atomic E-state index is 13.5. The van der Waals surface area contributed by atoms with Crippen molar-refractivity contribution >= 4 is 17.5 Å². The molecule has 0 bridgehead atoms. The number of hydrogen-bond acceptors (Lipinski definition) is 5. The normalized spacial score (nSPS) is 14.3. The molecule has 0 aliphatic heterocycles. The Morgan fingerprint density at radius 1 is 0.962 bits per heavy atom. The van der Waals surface area contributed by atoms with Crippen molar-refractivity contribution in [2.75, 3.05) is 10.6 Å². The van der Waals surface area contributed by atoms with Crippen LogP contribution in [0.25, 0.3) is 11.3 Å². The number of hydrogen-bond donors (Lipinski definition) is 2. The number of halogens is 1. The van der Waals surface area contributed by atoms with E-state index in [2.05, 4.69) is 25.6 Å². The molecule has 0 radical (unpaired) electrons. The van der Waals surface area contributed by atoms with E-state index in [-0.39, 0.29) is 5.82 Å². The van der Waals surface area contributed by atoms with Crippen LogP contribution in [0.15, 0.2) is 54.9 Å². The lowest BCUT2D eigenvalue weighted by atomic mass is 10.2. The minimum absolute atomic E-state index is 0.289. The van der Waals surface area contributed by atoms with Gasteiger partial charge in [-0.05, 0) is 43.2 Å². The van der Waals surface area contributed by atoms with Crippen molar-refractivity contribution in [3.05, 3.63) is 60.7 Å². The topological polar surface area (TPSA) is 62.7 Å². The average Bonchev–Trinajstić information content (AvgIpc) is 3.15. The van der Waals surface area contributed by atoms with E-state index >= 15 is 0 Å². The Labute approximate surface area is 151 Å². The van der Waals surface area contributed by atoms with Crippen LogP contribution in [0.4, 0.5) is 21.8 Å². The Hall–Kier alpha value is -3.02. The highest BCUT2D eigenvalue weighted by Gasteiger charge is 2.17. The fourth-order valence-electron chi connectivity index (χ4n) is 3.21. The van der Waals surface area contributed by atoms with Gasteiger partial charge in [0.05, 0.1) is 5.69 Å². The van der Waals surface area contributed by atoms with Gasteiger partial charge in [0.25, 0.3) is 0 Å². The van der Waals surface area contributed by atoms with Crippen LogP contribution in [0.2, 0.25) is 0 Å². The van der Waals surface area contributed by atoms with Crippen LogP contribution in [-0.2, 0) is 0 Å². The third-order valence-electron chi connectivity index (χ3n) is 4.49. The van der Waals surface area contributed by atoms with Crippen LogP contribution in [-0.4, -0.2) is 21.0 Å². The zero-order valence-electron chi connectivity index (χ0n) is 14.3. The summed E-state index contributed by atoms with van der Waals surface area (Å²) < 4.78 is 13.5. The summed E-state index contributed by atoms with van der Waals surface area (Å²) in [6.07, 6.45) is 8.21. The quantitative estimate of drug-likeness (QED) is 0.694. The van der Waals surface area contributed by atoms with E-state index < -0.39 is 0 Å². The summed E-state index contributed by atoms with van der Waals surface area (Å²) in [6.45, 7) is 0. The standard InChI is InChI=1S/C20H20FN5/c21-15-4-3-7-17(12-15)23-19-13-18(14-8-10-22-11-9-14)25-20(26-19)24-16-5-1-2-6-16/h3-4,7-13,16H,1-2,5-6H2,(H2,23,24,25,26). The van der Waals surface area contributed by atoms with Crippen molar-refractivity contribution < 1.29 is 4.39 Å². The van der Waals surface area contributed by atoms with E-state index in [1.54, 1.807) is 24.5 Å². The first kappa shape index (κ1) is 16.4. The molecule has 2 heterocycles. The zero-order chi connectivity index (χ0) is 17.8. The summed E-state index contributed by atoms with van der Waals surface area (Å²) in [6, 6.07) is 12.4. The van der Waals surface area contributed by atoms with Gasteiger partial charge in [0.15, 0.2) is 0 Å². The lowest BCUT2D eigenvalue weighted by Crippen LogP contribution is -2.17. The van der Waals surface area contributed by atoms with E-state index in [1.807, 2.05) is 18.2 Å². The van der Waals surface area contributed by atoms with Crippen LogP contribution < -0.4 is 10.6 Å². The van der Waals surface area contributed by atoms with Crippen molar-refractivity contribution in [3.63, 3.8) is 0 Å². The summed E-state index contributed by atoms with van der Waals surface area (Å²) >= 11 is 0. The maximum atomic E-state index is 13.5. The molecule has 26 heavy (non-hydrogen) atoms. The number of anilines is 3. The minimum Gasteiger partial charge on any atom is -0.351 e. The van der Waals surface area contributed by atoms with Gasteiger partial charge in [0.1, 0.15) is 11.6 Å². The van der Waals surface area contributed by atoms with Crippen molar-refractivity contribution in [2.45, 2.75) is 31.7 Å². The van der Waals surface area contributed by atoms with Crippen LogP contribution in [0.3, 0.4) is 0 Å². The molecule has 1 fully saturated rings. The van der Waals surface area contributed by atoms with Crippen molar-refractivity contribution in [1.82, 2.24) is 15.0 Å². The van der Waals surface area contributed by atoms with Crippen LogP contribution in [0.1, 0.15) is 25.7 Å². The van der Waals surface area contributed by atoms with Crippen molar-refractivity contribution in [2.24, 2.45) is 0 Å². The second-order valence-corrected chi connectivity index (χ2v) is 6.46. The molecule has 3 aromatic rings. The highest BCUT2D eigenvalue weighted by molar-refractivity contribution is 5.67. The molecule has 0 atom stereocenters. The molecule has 0 spiro atoms. The van der Waals surface area contributed by atoms with Crippen LogP contribution in [0.5, 0.6) is 0 Å². The largest absolute Gasteiger partial charge is 0.351 e. The number of nitrogens with one attached hydrogen (secondary N) is 2. The van der Waals surface area contributed by atoms with Gasteiger partial charge in [-0.3, -0.25) is 4.98 Å². The molecule has 1 saturated carbocycles. The van der Waals surface area contributed by atoms with E-state index in [4.69, 9.17) is 0 Å². The molecule has 132 valence electrons. The number of rotatable bonds is 5. The van der Waals surface area contributed by atoms with E-state index in [0.717, 1.165) is 24.1 Å². The fraction of sp³-hybridized carbons (Fsp3) is 0.250. The Bertz CT molecular complexity index is 878. The van der Waals surface area contributed by atoms with Crippen LogP contribution in [0, 0.1) is 5.82 Å². The molecular weight excluding hydrogens is 329 g/mol. The van der Waals surface area contributed by atoms with Crippen LogP contribution >= 0.6 is 0 Å². The van der Waals surface area contributed by atoms with Gasteiger partial charge in [0.2, 0.25) is 5.95 Å². The summed E-state index contributed by atoms with van der Waals surface area (Å²) in [7, 11) is 0. The van der Waals surface area contributed by atoms with Gasteiger partial charge in [-0.15, -0.1) is 0 Å². The summed E-state index contributed by atoms with van der Waals surface area (Å²) in [4.78, 5) is 13.3. The van der Waals surface area contributed by atoms with Gasteiger partial charge in [0, 0.05) is 35.8 Å². The third kappa shape index (κ3) is 3.96. The minimum atomic E-state index is -0.289. The molecule has 1 aliphatic rings. The fourth-order valence-corrected chi connectivity index (χ4v) is 3.21. The smallest absolute Gasteiger partial charge is 0.225 e. The summed E-state index contributed by atoms with van der Waals surface area (Å²) in [5, 5.41) is 6.61. The number of aromatic nitrogens is 3. The van der Waals surface area contributed by atoms with Crippen molar-refractivity contribution in [3.8, 4) is 11.3 Å². The van der Waals surface area contributed by atoms with Crippen molar-refractivity contribution in [1.29, 1.82) is 0 Å². The maximum Gasteiger partial charge on any atom is 0.225 e. The molecule has 0 saturated heterocycles. The molecule has 0 amide bonds. The van der Waals surface area contributed by atoms with Gasteiger partial charge in [-0.1, -0.05) is 18.9 Å². The van der Waals surface area contributed by atoms with Gasteiger partial charge < -0.3 is 10.6 Å². The molecule has 2 N–H and O–H groups in total. The Balaban J connectivity index is 1.67. The second-order valence-electron chi connectivity index (χ2n) is 6.46. The molecule has 2 aromatic heterocycles. The van der Waals surface area contributed by atoms with E-state index in [1.165, 1.54) is 25.0 Å². The molecule has 4 rings (SSSR count). The average molecular weight is 349 g/mol. The molecular formula is C20H20FN5. The second kappa shape index (κ2) is 7.47. The Morgan fingerprint density at radius 3 is 2.54 bits per heavy atom. The highest BCUT2D eigenvalue weighted by Crippen LogP contribution is 2.26. The van der Waals surface area contributed by atoms with E-state index in [9.17, 15) is 4.39 Å². The predicted octanol–water partition coefficient (Wildman–Crippen LogP) is 4.78. The first-order valence-corrected chi connectivity index (χ1v) is 8.85. The third-order valence-corrected chi connectivity index (χ3v) is 4.49. The SMILES string of the molecule is Fc1cccc(Nc2cc(-c3ccncc3)nc(NC3CCCC3)n2)c1. The monoisotopic (exact) mass is 349 g/mol. The zero-order valence-corrected chi connectivity index (χ0v) is 14.3.